The molecule has 1 fully saturated rings. The van der Waals surface area contributed by atoms with Crippen molar-refractivity contribution in [1.29, 1.82) is 0 Å². The van der Waals surface area contributed by atoms with Crippen molar-refractivity contribution in [2.75, 3.05) is 6.61 Å². The third-order valence-corrected chi connectivity index (χ3v) is 3.37. The summed E-state index contributed by atoms with van der Waals surface area (Å²) in [5.41, 5.74) is 0.969. The monoisotopic (exact) mass is 296 g/mol. The molecule has 0 atom stereocenters. The first-order valence-corrected chi connectivity index (χ1v) is 6.82. The fourth-order valence-electron chi connectivity index (χ4n) is 2.17. The van der Waals surface area contributed by atoms with E-state index in [2.05, 4.69) is 10.3 Å². The zero-order valence-electron chi connectivity index (χ0n) is 11.3. The van der Waals surface area contributed by atoms with Gasteiger partial charge in [0.15, 0.2) is 6.61 Å². The summed E-state index contributed by atoms with van der Waals surface area (Å²) in [7, 11) is 0. The molecule has 1 saturated carbocycles. The van der Waals surface area contributed by atoms with E-state index < -0.39 is 12.8 Å². The quantitative estimate of drug-likeness (QED) is 0.918. The van der Waals surface area contributed by atoms with E-state index in [9.17, 15) is 13.2 Å². The predicted octanol–water partition coefficient (Wildman–Crippen LogP) is 3.43. The molecule has 1 N–H and O–H groups in total. The Morgan fingerprint density at radius 3 is 2.57 bits per heavy atom. The molecule has 1 heterocycles. The van der Waals surface area contributed by atoms with Crippen molar-refractivity contribution in [3.63, 3.8) is 0 Å². The van der Waals surface area contributed by atoms with E-state index in [1.54, 1.807) is 18.3 Å². The Morgan fingerprint density at radius 2 is 1.90 bits per heavy atom. The van der Waals surface area contributed by atoms with E-state index >= 15 is 0 Å². The summed E-state index contributed by atoms with van der Waals surface area (Å²) in [4.78, 5) is 4.05. The summed E-state index contributed by atoms with van der Waals surface area (Å²) in [6, 6.07) is 7.79. The number of alkyl halides is 3. The van der Waals surface area contributed by atoms with Crippen LogP contribution in [0.1, 0.15) is 18.4 Å². The molecule has 0 radical (unpaired) electrons. The number of hydrogen-bond donors (Lipinski definition) is 1. The lowest BCUT2D eigenvalue weighted by atomic mass is 10.1. The van der Waals surface area contributed by atoms with E-state index in [1.807, 2.05) is 12.1 Å². The number of pyridine rings is 1. The standard InChI is InChI=1S/C15H15F3N2O/c16-15(17,18)9-21-14-13-4-2-1-3-12(13)10(8-20-14)7-19-11-5-6-11/h1-4,8,11,19H,5-7,9H2. The van der Waals surface area contributed by atoms with Gasteiger partial charge in [0.25, 0.3) is 0 Å². The molecular weight excluding hydrogens is 281 g/mol. The summed E-state index contributed by atoms with van der Waals surface area (Å²) >= 11 is 0. The maximum atomic E-state index is 12.3. The lowest BCUT2D eigenvalue weighted by Crippen LogP contribution is -2.20. The second-order valence-corrected chi connectivity index (χ2v) is 5.19. The summed E-state index contributed by atoms with van der Waals surface area (Å²) in [5.74, 6) is 0.0260. The van der Waals surface area contributed by atoms with Crippen molar-refractivity contribution in [3.8, 4) is 5.88 Å². The highest BCUT2D eigenvalue weighted by Gasteiger charge is 2.29. The second-order valence-electron chi connectivity index (χ2n) is 5.19. The molecule has 0 unspecified atom stereocenters. The summed E-state index contributed by atoms with van der Waals surface area (Å²) in [5, 5.41) is 4.86. The van der Waals surface area contributed by atoms with Crippen LogP contribution < -0.4 is 10.1 Å². The van der Waals surface area contributed by atoms with Gasteiger partial charge < -0.3 is 10.1 Å². The number of fused-ring (bicyclic) bond motifs is 1. The highest BCUT2D eigenvalue weighted by Crippen LogP contribution is 2.28. The van der Waals surface area contributed by atoms with Crippen LogP contribution in [0.25, 0.3) is 10.8 Å². The first kappa shape index (κ1) is 14.1. The van der Waals surface area contributed by atoms with Gasteiger partial charge in [0.05, 0.1) is 0 Å². The summed E-state index contributed by atoms with van der Waals surface area (Å²) in [6.45, 7) is -0.665. The second kappa shape index (κ2) is 5.52. The van der Waals surface area contributed by atoms with Crippen LogP contribution in [0.5, 0.6) is 5.88 Å². The minimum absolute atomic E-state index is 0.0260. The van der Waals surface area contributed by atoms with Crippen LogP contribution in [0.3, 0.4) is 0 Å². The summed E-state index contributed by atoms with van der Waals surface area (Å²) < 4.78 is 41.6. The molecule has 1 aliphatic rings. The van der Waals surface area contributed by atoms with Crippen LogP contribution in [-0.4, -0.2) is 23.8 Å². The molecule has 1 aliphatic carbocycles. The lowest BCUT2D eigenvalue weighted by molar-refractivity contribution is -0.153. The molecule has 21 heavy (non-hydrogen) atoms. The summed E-state index contributed by atoms with van der Waals surface area (Å²) in [6.07, 6.45) is -0.422. The molecule has 3 rings (SSSR count). The molecule has 0 saturated heterocycles. The molecule has 3 nitrogen and oxygen atoms in total. The third kappa shape index (κ3) is 3.64. The van der Waals surface area contributed by atoms with E-state index in [0.717, 1.165) is 10.9 Å². The number of nitrogens with one attached hydrogen (secondary N) is 1. The Kier molecular flexibility index (Phi) is 3.71. The minimum atomic E-state index is -4.37. The van der Waals surface area contributed by atoms with Gasteiger partial charge >= 0.3 is 6.18 Å². The van der Waals surface area contributed by atoms with Crippen LogP contribution in [0.2, 0.25) is 0 Å². The number of benzene rings is 1. The SMILES string of the molecule is FC(F)(F)COc1ncc(CNC2CC2)c2ccccc12. The average Bonchev–Trinajstić information content (AvgIpc) is 3.26. The van der Waals surface area contributed by atoms with Gasteiger partial charge in [-0.25, -0.2) is 4.98 Å². The number of hydrogen-bond acceptors (Lipinski definition) is 3. The van der Waals surface area contributed by atoms with Crippen LogP contribution in [0.15, 0.2) is 30.5 Å². The molecule has 112 valence electrons. The van der Waals surface area contributed by atoms with Crippen LogP contribution in [-0.2, 0) is 6.54 Å². The van der Waals surface area contributed by atoms with Gasteiger partial charge in [0, 0.05) is 24.2 Å². The Balaban J connectivity index is 1.86. The van der Waals surface area contributed by atoms with Crippen LogP contribution in [0.4, 0.5) is 13.2 Å². The molecule has 6 heteroatoms. The van der Waals surface area contributed by atoms with Gasteiger partial charge in [-0.3, -0.25) is 0 Å². The van der Waals surface area contributed by atoms with Crippen molar-refractivity contribution in [2.45, 2.75) is 31.6 Å². The number of rotatable bonds is 5. The minimum Gasteiger partial charge on any atom is -0.468 e. The molecule has 0 amide bonds. The first-order chi connectivity index (χ1) is 10.0. The average molecular weight is 296 g/mol. The highest BCUT2D eigenvalue weighted by molar-refractivity contribution is 5.89. The normalized spacial score (nSPS) is 15.4. The maximum Gasteiger partial charge on any atom is 0.422 e. The van der Waals surface area contributed by atoms with E-state index in [1.165, 1.54) is 12.8 Å². The van der Waals surface area contributed by atoms with Crippen molar-refractivity contribution in [1.82, 2.24) is 10.3 Å². The van der Waals surface area contributed by atoms with Gasteiger partial charge in [-0.2, -0.15) is 13.2 Å². The van der Waals surface area contributed by atoms with E-state index in [-0.39, 0.29) is 5.88 Å². The Morgan fingerprint density at radius 1 is 1.19 bits per heavy atom. The molecular formula is C15H15F3N2O. The van der Waals surface area contributed by atoms with Crippen molar-refractivity contribution >= 4 is 10.8 Å². The fourth-order valence-corrected chi connectivity index (χ4v) is 2.17. The Hall–Kier alpha value is -1.82. The molecule has 0 bridgehead atoms. The van der Waals surface area contributed by atoms with Gasteiger partial charge in [-0.15, -0.1) is 0 Å². The van der Waals surface area contributed by atoms with Crippen molar-refractivity contribution < 1.29 is 17.9 Å². The smallest absolute Gasteiger partial charge is 0.422 e. The van der Waals surface area contributed by atoms with Gasteiger partial charge in [0.1, 0.15) is 0 Å². The van der Waals surface area contributed by atoms with Crippen molar-refractivity contribution in [2.24, 2.45) is 0 Å². The lowest BCUT2D eigenvalue weighted by Gasteiger charge is -2.13. The molecule has 0 aliphatic heterocycles. The Labute approximate surface area is 120 Å². The van der Waals surface area contributed by atoms with Gasteiger partial charge in [0.2, 0.25) is 5.88 Å². The third-order valence-electron chi connectivity index (χ3n) is 3.37. The van der Waals surface area contributed by atoms with Crippen molar-refractivity contribution in [3.05, 3.63) is 36.0 Å². The number of ether oxygens (including phenoxy) is 1. The number of aromatic nitrogens is 1. The first-order valence-electron chi connectivity index (χ1n) is 6.82. The number of halogens is 3. The molecule has 1 aromatic carbocycles. The molecule has 1 aromatic heterocycles. The maximum absolute atomic E-state index is 12.3. The zero-order valence-corrected chi connectivity index (χ0v) is 11.3. The van der Waals surface area contributed by atoms with E-state index in [4.69, 9.17) is 4.74 Å². The molecule has 2 aromatic rings. The van der Waals surface area contributed by atoms with Crippen LogP contribution >= 0.6 is 0 Å². The van der Waals surface area contributed by atoms with Gasteiger partial charge in [-0.1, -0.05) is 18.2 Å². The zero-order chi connectivity index (χ0) is 14.9. The molecule has 0 spiro atoms. The largest absolute Gasteiger partial charge is 0.468 e. The van der Waals surface area contributed by atoms with Crippen LogP contribution in [0, 0.1) is 0 Å². The van der Waals surface area contributed by atoms with Gasteiger partial charge in [-0.05, 0) is 29.9 Å². The van der Waals surface area contributed by atoms with E-state index in [0.29, 0.717) is 18.0 Å². The highest BCUT2D eigenvalue weighted by atomic mass is 19.4. The topological polar surface area (TPSA) is 34.1 Å². The predicted molar refractivity (Wildman–Crippen MR) is 73.2 cm³/mol. The Bertz CT molecular complexity index is 638. The number of nitrogens with zero attached hydrogens (tertiary/aromatic N) is 1. The fraction of sp³-hybridized carbons (Fsp3) is 0.400.